The van der Waals surface area contributed by atoms with Gasteiger partial charge in [-0.3, -0.25) is 4.72 Å². The maximum Gasteiger partial charge on any atom is 0.262 e. The van der Waals surface area contributed by atoms with Crippen LogP contribution in [0.2, 0.25) is 5.15 Å². The number of hydrogen-bond donors (Lipinski definition) is 1. The molecule has 5 nitrogen and oxygen atoms in total. The number of nitriles is 1. The Labute approximate surface area is 121 Å². The maximum atomic E-state index is 12.2. The second kappa shape index (κ2) is 5.49. The maximum absolute atomic E-state index is 12.2. The van der Waals surface area contributed by atoms with Gasteiger partial charge in [0.2, 0.25) is 0 Å². The van der Waals surface area contributed by atoms with E-state index < -0.39 is 10.0 Å². The van der Waals surface area contributed by atoms with Crippen LogP contribution in [0.3, 0.4) is 0 Å². The van der Waals surface area contributed by atoms with E-state index in [0.717, 1.165) is 0 Å². The molecule has 0 bridgehead atoms. The molecule has 2 aromatic rings. The molecule has 1 aromatic carbocycles. The van der Waals surface area contributed by atoms with E-state index in [4.69, 9.17) is 16.9 Å². The summed E-state index contributed by atoms with van der Waals surface area (Å²) in [4.78, 5) is 3.72. The number of pyridine rings is 1. The van der Waals surface area contributed by atoms with Crippen LogP contribution in [0.25, 0.3) is 0 Å². The number of nitrogens with zero attached hydrogens (tertiary/aromatic N) is 2. The van der Waals surface area contributed by atoms with Gasteiger partial charge in [0.1, 0.15) is 11.2 Å². The SMILES string of the molecule is Cc1cccc(NS(=O)(=O)c2ccnc(Cl)c2)c1C#N. The highest BCUT2D eigenvalue weighted by atomic mass is 35.5. The van der Waals surface area contributed by atoms with Gasteiger partial charge in [-0.25, -0.2) is 13.4 Å². The Morgan fingerprint density at radius 2 is 2.10 bits per heavy atom. The van der Waals surface area contributed by atoms with E-state index in [0.29, 0.717) is 5.56 Å². The highest BCUT2D eigenvalue weighted by Crippen LogP contribution is 2.22. The molecule has 0 aliphatic heterocycles. The molecule has 0 fully saturated rings. The van der Waals surface area contributed by atoms with Crippen molar-refractivity contribution in [3.05, 3.63) is 52.8 Å². The Morgan fingerprint density at radius 3 is 2.75 bits per heavy atom. The second-order valence-electron chi connectivity index (χ2n) is 4.03. The van der Waals surface area contributed by atoms with Crippen LogP contribution >= 0.6 is 11.6 Å². The number of sulfonamides is 1. The first-order chi connectivity index (χ1) is 9.44. The van der Waals surface area contributed by atoms with Gasteiger partial charge in [-0.2, -0.15) is 5.26 Å². The molecular weight excluding hydrogens is 298 g/mol. The van der Waals surface area contributed by atoms with E-state index >= 15 is 0 Å². The summed E-state index contributed by atoms with van der Waals surface area (Å²) in [5.74, 6) is 0. The summed E-state index contributed by atoms with van der Waals surface area (Å²) in [7, 11) is -3.81. The number of nitrogens with one attached hydrogen (secondary N) is 1. The average Bonchev–Trinajstić information content (AvgIpc) is 2.38. The molecule has 102 valence electrons. The zero-order valence-electron chi connectivity index (χ0n) is 10.5. The van der Waals surface area contributed by atoms with Crippen LogP contribution < -0.4 is 4.72 Å². The molecule has 0 amide bonds. The summed E-state index contributed by atoms with van der Waals surface area (Å²) >= 11 is 5.68. The number of anilines is 1. The molecule has 0 spiro atoms. The molecule has 0 aliphatic carbocycles. The molecule has 0 atom stereocenters. The van der Waals surface area contributed by atoms with Crippen molar-refractivity contribution in [1.82, 2.24) is 4.98 Å². The lowest BCUT2D eigenvalue weighted by molar-refractivity contribution is 0.601. The third kappa shape index (κ3) is 2.90. The number of halogens is 1. The van der Waals surface area contributed by atoms with Gasteiger partial charge in [-0.1, -0.05) is 23.7 Å². The largest absolute Gasteiger partial charge is 0.278 e. The first-order valence-electron chi connectivity index (χ1n) is 5.58. The number of benzene rings is 1. The summed E-state index contributed by atoms with van der Waals surface area (Å²) in [6.07, 6.45) is 1.30. The number of hydrogen-bond acceptors (Lipinski definition) is 4. The molecule has 2 rings (SSSR count). The fourth-order valence-corrected chi connectivity index (χ4v) is 2.98. The number of aromatic nitrogens is 1. The van der Waals surface area contributed by atoms with E-state index in [1.807, 2.05) is 6.07 Å². The lowest BCUT2D eigenvalue weighted by Gasteiger charge is -2.10. The normalized spacial score (nSPS) is 10.8. The van der Waals surface area contributed by atoms with Gasteiger partial charge in [0.25, 0.3) is 10.0 Å². The van der Waals surface area contributed by atoms with Gasteiger partial charge in [-0.05, 0) is 30.7 Å². The van der Waals surface area contributed by atoms with Crippen molar-refractivity contribution < 1.29 is 8.42 Å². The lowest BCUT2D eigenvalue weighted by atomic mass is 10.1. The van der Waals surface area contributed by atoms with Crippen LogP contribution in [0.1, 0.15) is 11.1 Å². The molecule has 1 aromatic heterocycles. The standard InChI is InChI=1S/C13H10ClN3O2S/c1-9-3-2-4-12(11(9)8-15)17-20(18,19)10-5-6-16-13(14)7-10/h2-7,17H,1H3. The highest BCUT2D eigenvalue weighted by Gasteiger charge is 2.17. The fraction of sp³-hybridized carbons (Fsp3) is 0.0769. The Morgan fingerprint density at radius 1 is 1.35 bits per heavy atom. The molecule has 0 radical (unpaired) electrons. The Bertz CT molecular complexity index is 798. The first kappa shape index (κ1) is 14.3. The van der Waals surface area contributed by atoms with Crippen molar-refractivity contribution in [3.8, 4) is 6.07 Å². The Hall–Kier alpha value is -2.10. The van der Waals surface area contributed by atoms with Crippen molar-refractivity contribution in [1.29, 1.82) is 5.26 Å². The second-order valence-corrected chi connectivity index (χ2v) is 6.10. The van der Waals surface area contributed by atoms with E-state index in [-0.39, 0.29) is 21.3 Å². The summed E-state index contributed by atoms with van der Waals surface area (Å²) in [6.45, 7) is 1.74. The van der Waals surface area contributed by atoms with Gasteiger partial charge >= 0.3 is 0 Å². The molecule has 1 heterocycles. The average molecular weight is 308 g/mol. The lowest BCUT2D eigenvalue weighted by Crippen LogP contribution is -2.14. The van der Waals surface area contributed by atoms with Crippen LogP contribution in [0.4, 0.5) is 5.69 Å². The molecule has 0 saturated carbocycles. The Balaban J connectivity index is 2.45. The topological polar surface area (TPSA) is 82.8 Å². The summed E-state index contributed by atoms with van der Waals surface area (Å²) in [5.41, 5.74) is 1.22. The predicted molar refractivity (Wildman–Crippen MR) is 75.9 cm³/mol. The van der Waals surface area contributed by atoms with Crippen LogP contribution in [0, 0.1) is 18.3 Å². The zero-order chi connectivity index (χ0) is 14.8. The Kier molecular flexibility index (Phi) is 3.93. The van der Waals surface area contributed by atoms with E-state index in [1.54, 1.807) is 19.1 Å². The van der Waals surface area contributed by atoms with Crippen molar-refractivity contribution in [2.45, 2.75) is 11.8 Å². The molecule has 0 unspecified atom stereocenters. The van der Waals surface area contributed by atoms with E-state index in [2.05, 4.69) is 9.71 Å². The zero-order valence-corrected chi connectivity index (χ0v) is 12.0. The smallest absolute Gasteiger partial charge is 0.262 e. The van der Waals surface area contributed by atoms with Crippen molar-refractivity contribution in [3.63, 3.8) is 0 Å². The minimum absolute atomic E-state index is 0.0112. The van der Waals surface area contributed by atoms with Gasteiger partial charge < -0.3 is 0 Å². The number of rotatable bonds is 3. The van der Waals surface area contributed by atoms with Crippen LogP contribution in [0.5, 0.6) is 0 Å². The molecule has 1 N–H and O–H groups in total. The van der Waals surface area contributed by atoms with Crippen molar-refractivity contribution in [2.24, 2.45) is 0 Å². The van der Waals surface area contributed by atoms with Gasteiger partial charge in [-0.15, -0.1) is 0 Å². The van der Waals surface area contributed by atoms with Gasteiger partial charge in [0.05, 0.1) is 16.1 Å². The first-order valence-corrected chi connectivity index (χ1v) is 7.44. The number of aryl methyl sites for hydroxylation is 1. The summed E-state index contributed by atoms with van der Waals surface area (Å²) < 4.78 is 26.8. The minimum Gasteiger partial charge on any atom is -0.278 e. The van der Waals surface area contributed by atoms with E-state index in [1.165, 1.54) is 24.4 Å². The summed E-state index contributed by atoms with van der Waals surface area (Å²) in [5, 5.41) is 9.18. The molecule has 0 aliphatic rings. The van der Waals surface area contributed by atoms with Gasteiger partial charge in [0.15, 0.2) is 0 Å². The third-order valence-corrected chi connectivity index (χ3v) is 4.21. The van der Waals surface area contributed by atoms with Crippen molar-refractivity contribution in [2.75, 3.05) is 4.72 Å². The molecule has 20 heavy (non-hydrogen) atoms. The highest BCUT2D eigenvalue weighted by molar-refractivity contribution is 7.92. The van der Waals surface area contributed by atoms with Crippen molar-refractivity contribution >= 4 is 27.3 Å². The predicted octanol–water partition coefficient (Wildman–Crippen LogP) is 2.72. The third-order valence-electron chi connectivity index (χ3n) is 2.64. The molecule has 0 saturated heterocycles. The van der Waals surface area contributed by atoms with Crippen LogP contribution in [-0.4, -0.2) is 13.4 Å². The van der Waals surface area contributed by atoms with E-state index in [9.17, 15) is 8.42 Å². The van der Waals surface area contributed by atoms with Gasteiger partial charge in [0, 0.05) is 6.20 Å². The fourth-order valence-electron chi connectivity index (χ4n) is 1.66. The molecular formula is C13H10ClN3O2S. The van der Waals surface area contributed by atoms with Crippen LogP contribution in [-0.2, 0) is 10.0 Å². The minimum atomic E-state index is -3.81. The quantitative estimate of drug-likeness (QED) is 0.884. The summed E-state index contributed by atoms with van der Waals surface area (Å²) in [6, 6.07) is 9.50. The van der Waals surface area contributed by atoms with Crippen LogP contribution in [0.15, 0.2) is 41.4 Å². The monoisotopic (exact) mass is 307 g/mol. The molecule has 7 heteroatoms.